The zero-order chi connectivity index (χ0) is 32.3. The zero-order valence-electron chi connectivity index (χ0n) is 26.6. The average molecular weight is 633 g/mol. The van der Waals surface area contributed by atoms with Gasteiger partial charge in [-0.05, 0) is 71.5 Å². The fraction of sp³-hybridized carbons (Fsp3) is 0.333. The number of fused-ring (bicyclic) bond motifs is 1. The van der Waals surface area contributed by atoms with Crippen molar-refractivity contribution in [3.05, 3.63) is 130 Å². The highest BCUT2D eigenvalue weighted by molar-refractivity contribution is 6.21. The maximum Gasteiger partial charge on any atom is 0.261 e. The maximum atomic E-state index is 13.0. The molecule has 0 bridgehead atoms. The monoisotopic (exact) mass is 632 g/mol. The Hall–Kier alpha value is -4.18. The molecule has 8 nitrogen and oxygen atoms in total. The van der Waals surface area contributed by atoms with Crippen LogP contribution in [0.4, 0.5) is 0 Å². The van der Waals surface area contributed by atoms with Crippen LogP contribution in [-0.2, 0) is 27.4 Å². The minimum atomic E-state index is -0.568. The topological polar surface area (TPSA) is 88.5 Å². The van der Waals surface area contributed by atoms with Crippen molar-refractivity contribution in [2.75, 3.05) is 26.8 Å². The predicted molar refractivity (Wildman–Crippen MR) is 177 cm³/mol. The van der Waals surface area contributed by atoms with Crippen LogP contribution in [0.5, 0.6) is 0 Å². The van der Waals surface area contributed by atoms with Gasteiger partial charge in [-0.15, -0.1) is 0 Å². The molecule has 7 rings (SSSR count). The van der Waals surface area contributed by atoms with Crippen molar-refractivity contribution in [2.24, 2.45) is 0 Å². The third-order valence-corrected chi connectivity index (χ3v) is 9.55. The fourth-order valence-corrected chi connectivity index (χ4v) is 7.09. The van der Waals surface area contributed by atoms with Crippen LogP contribution in [0.3, 0.4) is 0 Å². The van der Waals surface area contributed by atoms with Gasteiger partial charge in [-0.3, -0.25) is 19.4 Å². The minimum Gasteiger partial charge on any atom is -0.392 e. The number of likely N-dealkylation sites (tertiary alicyclic amines) is 1. The highest BCUT2D eigenvalue weighted by Gasteiger charge is 2.36. The summed E-state index contributed by atoms with van der Waals surface area (Å²) < 4.78 is 18.8. The number of amides is 2. The molecular formula is C39H40N2O6. The number of aliphatic hydroxyl groups is 1. The Morgan fingerprint density at radius 2 is 1.53 bits per heavy atom. The number of ether oxygens (including phenoxy) is 3. The molecule has 3 aliphatic heterocycles. The number of methoxy groups -OCH3 is 1. The number of nitrogens with zero attached hydrogens (tertiary/aromatic N) is 2. The molecule has 4 atom stereocenters. The summed E-state index contributed by atoms with van der Waals surface area (Å²) in [6, 6.07) is 31.5. The number of aliphatic hydroxyl groups excluding tert-OH is 1. The molecule has 4 aromatic carbocycles. The summed E-state index contributed by atoms with van der Waals surface area (Å²) in [6.45, 7) is 2.75. The van der Waals surface area contributed by atoms with Crippen LogP contribution in [-0.4, -0.2) is 65.7 Å². The van der Waals surface area contributed by atoms with E-state index in [1.165, 1.54) is 4.90 Å². The number of imide groups is 1. The maximum absolute atomic E-state index is 13.0. The van der Waals surface area contributed by atoms with E-state index >= 15 is 0 Å². The predicted octanol–water partition coefficient (Wildman–Crippen LogP) is 6.30. The summed E-state index contributed by atoms with van der Waals surface area (Å²) in [5.41, 5.74) is 6.59. The smallest absolute Gasteiger partial charge is 0.261 e. The van der Waals surface area contributed by atoms with Gasteiger partial charge >= 0.3 is 0 Å². The van der Waals surface area contributed by atoms with Gasteiger partial charge in [0.15, 0.2) is 6.29 Å². The van der Waals surface area contributed by atoms with Crippen molar-refractivity contribution in [1.29, 1.82) is 0 Å². The molecule has 0 radical (unpaired) electrons. The van der Waals surface area contributed by atoms with Gasteiger partial charge in [0.25, 0.3) is 11.8 Å². The lowest BCUT2D eigenvalue weighted by atomic mass is 9.98. The molecule has 8 heteroatoms. The first-order chi connectivity index (χ1) is 23.0. The van der Waals surface area contributed by atoms with Crippen LogP contribution < -0.4 is 0 Å². The molecule has 47 heavy (non-hydrogen) atoms. The van der Waals surface area contributed by atoms with Crippen LogP contribution in [0.15, 0.2) is 97.1 Å². The molecule has 0 aromatic heterocycles. The van der Waals surface area contributed by atoms with Crippen LogP contribution in [0.25, 0.3) is 11.1 Å². The average Bonchev–Trinajstić information content (AvgIpc) is 3.65. The lowest BCUT2D eigenvalue weighted by Crippen LogP contribution is -2.42. The van der Waals surface area contributed by atoms with E-state index in [-0.39, 0.29) is 37.2 Å². The standard InChI is InChI=1S/C39H40N2O6/c1-45-25-32-11-6-18-40(32)23-33-21-36(28-16-14-26(24-42)15-17-28)47-39(46-33)31-10-5-9-30(20-31)29-8-4-7-27(19-29)22-41-37(43)34-12-2-3-13-35(34)38(41)44/h2-5,7-10,12-17,19-20,32-33,36,39,42H,6,11,18,21-25H2,1H3/t32-,33+,36-,39-/m0/s1. The van der Waals surface area contributed by atoms with Crippen LogP contribution >= 0.6 is 0 Å². The summed E-state index contributed by atoms with van der Waals surface area (Å²) in [6.07, 6.45) is 2.23. The molecule has 0 unspecified atom stereocenters. The van der Waals surface area contributed by atoms with E-state index in [0.29, 0.717) is 23.8 Å². The molecule has 242 valence electrons. The third-order valence-electron chi connectivity index (χ3n) is 9.55. The number of rotatable bonds is 10. The SMILES string of the molecule is COC[C@@H]1CCCN1C[C@H]1C[C@@H](c2ccc(CO)cc2)O[C@@H](c2cccc(-c3cccc(CN4C(=O)c5ccccc5C4=O)c3)c2)O1. The Morgan fingerprint density at radius 1 is 0.809 bits per heavy atom. The van der Waals surface area contributed by atoms with Crippen molar-refractivity contribution in [2.45, 2.75) is 57.0 Å². The quantitative estimate of drug-likeness (QED) is 0.205. The first-order valence-corrected chi connectivity index (χ1v) is 16.4. The van der Waals surface area contributed by atoms with E-state index in [1.54, 1.807) is 31.4 Å². The summed E-state index contributed by atoms with van der Waals surface area (Å²) >= 11 is 0. The molecular weight excluding hydrogens is 592 g/mol. The number of carbonyl (C=O) groups is 2. The molecule has 3 aliphatic rings. The van der Waals surface area contributed by atoms with E-state index < -0.39 is 6.29 Å². The minimum absolute atomic E-state index is 0.00228. The van der Waals surface area contributed by atoms with Gasteiger partial charge in [-0.25, -0.2) is 0 Å². The van der Waals surface area contributed by atoms with Gasteiger partial charge in [0.2, 0.25) is 0 Å². The largest absolute Gasteiger partial charge is 0.392 e. The first kappa shape index (κ1) is 31.4. The van der Waals surface area contributed by atoms with Crippen LogP contribution in [0.1, 0.15) is 74.6 Å². The van der Waals surface area contributed by atoms with Crippen molar-refractivity contribution in [3.8, 4) is 11.1 Å². The number of hydrogen-bond acceptors (Lipinski definition) is 7. The summed E-state index contributed by atoms with van der Waals surface area (Å²) in [4.78, 5) is 29.8. The molecule has 0 spiro atoms. The third kappa shape index (κ3) is 6.66. The summed E-state index contributed by atoms with van der Waals surface area (Å²) in [5, 5.41) is 9.57. The Balaban J connectivity index is 1.12. The first-order valence-electron chi connectivity index (χ1n) is 16.4. The number of hydrogen-bond donors (Lipinski definition) is 1. The van der Waals surface area contributed by atoms with E-state index in [4.69, 9.17) is 14.2 Å². The van der Waals surface area contributed by atoms with E-state index in [9.17, 15) is 14.7 Å². The highest BCUT2D eigenvalue weighted by Crippen LogP contribution is 2.39. The van der Waals surface area contributed by atoms with E-state index in [1.807, 2.05) is 60.7 Å². The van der Waals surface area contributed by atoms with E-state index in [0.717, 1.165) is 65.7 Å². The zero-order valence-corrected chi connectivity index (χ0v) is 26.6. The normalized spacial score (nSPS) is 23.0. The van der Waals surface area contributed by atoms with Gasteiger partial charge in [0.05, 0.1) is 43.1 Å². The van der Waals surface area contributed by atoms with E-state index in [2.05, 4.69) is 17.0 Å². The molecule has 0 saturated carbocycles. The van der Waals surface area contributed by atoms with Crippen molar-refractivity contribution in [1.82, 2.24) is 9.80 Å². The second kappa shape index (κ2) is 13.9. The highest BCUT2D eigenvalue weighted by atomic mass is 16.7. The molecule has 2 amide bonds. The van der Waals surface area contributed by atoms with Gasteiger partial charge in [-0.1, -0.05) is 72.8 Å². The molecule has 1 N–H and O–H groups in total. The Morgan fingerprint density at radius 3 is 2.26 bits per heavy atom. The lowest BCUT2D eigenvalue weighted by Gasteiger charge is -2.39. The second-order valence-corrected chi connectivity index (χ2v) is 12.7. The Labute approximate surface area is 275 Å². The molecule has 4 aromatic rings. The van der Waals surface area contributed by atoms with Crippen molar-refractivity contribution in [3.63, 3.8) is 0 Å². The van der Waals surface area contributed by atoms with Gasteiger partial charge in [-0.2, -0.15) is 0 Å². The Kier molecular flexibility index (Phi) is 9.29. The van der Waals surface area contributed by atoms with Crippen LogP contribution in [0, 0.1) is 0 Å². The lowest BCUT2D eigenvalue weighted by molar-refractivity contribution is -0.253. The molecule has 2 saturated heterocycles. The summed E-state index contributed by atoms with van der Waals surface area (Å²) in [7, 11) is 1.76. The van der Waals surface area contributed by atoms with Crippen molar-refractivity contribution < 1.29 is 28.9 Å². The van der Waals surface area contributed by atoms with Gasteiger partial charge in [0.1, 0.15) is 0 Å². The Bertz CT molecular complexity index is 1700. The van der Waals surface area contributed by atoms with Crippen LogP contribution in [0.2, 0.25) is 0 Å². The van der Waals surface area contributed by atoms with Gasteiger partial charge < -0.3 is 19.3 Å². The fourth-order valence-electron chi connectivity index (χ4n) is 7.09. The molecule has 2 fully saturated rings. The van der Waals surface area contributed by atoms with Gasteiger partial charge in [0, 0.05) is 31.7 Å². The second-order valence-electron chi connectivity index (χ2n) is 12.7. The number of carbonyl (C=O) groups excluding carboxylic acids is 2. The summed E-state index contributed by atoms with van der Waals surface area (Å²) in [5.74, 6) is -0.524. The molecule has 0 aliphatic carbocycles. The van der Waals surface area contributed by atoms with Crippen molar-refractivity contribution >= 4 is 11.8 Å². The number of benzene rings is 4. The molecule has 3 heterocycles.